The summed E-state index contributed by atoms with van der Waals surface area (Å²) in [5.74, 6) is 2.21. The molecule has 0 saturated carbocycles. The Kier molecular flexibility index (Phi) is 6.34. The van der Waals surface area contributed by atoms with Gasteiger partial charge in [-0.1, -0.05) is 29.8 Å². The molecule has 0 spiro atoms. The number of rotatable bonds is 7. The molecule has 96 valence electrons. The minimum Gasteiger partial charge on any atom is -0.490 e. The number of halogens is 1. The number of hydrogen-bond donors (Lipinski definition) is 1. The summed E-state index contributed by atoms with van der Waals surface area (Å²) in [5, 5.41) is 4.38. The van der Waals surface area contributed by atoms with Gasteiger partial charge in [0.15, 0.2) is 11.6 Å². The smallest absolute Gasteiger partial charge is 0.168 e. The van der Waals surface area contributed by atoms with Crippen molar-refractivity contribution in [3.8, 4) is 5.75 Å². The van der Waals surface area contributed by atoms with Crippen LogP contribution >= 0.6 is 15.9 Å². The predicted octanol–water partition coefficient (Wildman–Crippen LogP) is 3.70. The van der Waals surface area contributed by atoms with Crippen LogP contribution in [0.1, 0.15) is 27.2 Å². The van der Waals surface area contributed by atoms with E-state index in [1.54, 1.807) is 6.20 Å². The van der Waals surface area contributed by atoms with Gasteiger partial charge < -0.3 is 10.1 Å². The molecule has 1 N–H and O–H groups in total. The topological polar surface area (TPSA) is 34.1 Å². The van der Waals surface area contributed by atoms with Crippen LogP contribution in [-0.4, -0.2) is 23.0 Å². The maximum atomic E-state index is 5.66. The zero-order valence-electron chi connectivity index (χ0n) is 10.7. The zero-order chi connectivity index (χ0) is 12.7. The van der Waals surface area contributed by atoms with Crippen molar-refractivity contribution in [2.24, 2.45) is 5.92 Å². The molecule has 1 rings (SSSR count). The van der Waals surface area contributed by atoms with E-state index in [0.29, 0.717) is 12.0 Å². The van der Waals surface area contributed by atoms with Crippen LogP contribution in [0.25, 0.3) is 0 Å². The first-order chi connectivity index (χ1) is 8.19. The summed E-state index contributed by atoms with van der Waals surface area (Å²) in [6, 6.07) is 4.21. The van der Waals surface area contributed by atoms with Gasteiger partial charge in [-0.3, -0.25) is 0 Å². The first-order valence-electron chi connectivity index (χ1n) is 6.09. The van der Waals surface area contributed by atoms with Gasteiger partial charge in [-0.2, -0.15) is 0 Å². The third kappa shape index (κ3) is 4.54. The number of anilines is 1. The van der Waals surface area contributed by atoms with E-state index in [1.807, 2.05) is 12.1 Å². The van der Waals surface area contributed by atoms with Crippen LogP contribution in [0.4, 0.5) is 5.82 Å². The summed E-state index contributed by atoms with van der Waals surface area (Å²) in [6.45, 7) is 7.17. The second kappa shape index (κ2) is 7.54. The second-order valence-electron chi connectivity index (χ2n) is 4.26. The molecule has 0 aromatic carbocycles. The molecule has 1 aromatic rings. The van der Waals surface area contributed by atoms with Crippen molar-refractivity contribution in [2.45, 2.75) is 33.2 Å². The molecule has 2 unspecified atom stereocenters. The monoisotopic (exact) mass is 300 g/mol. The Labute approximate surface area is 112 Å². The summed E-state index contributed by atoms with van der Waals surface area (Å²) in [5.41, 5.74) is 0. The van der Waals surface area contributed by atoms with Crippen molar-refractivity contribution >= 4 is 21.7 Å². The van der Waals surface area contributed by atoms with Crippen LogP contribution in [0.3, 0.4) is 0 Å². The van der Waals surface area contributed by atoms with Gasteiger partial charge in [0.1, 0.15) is 0 Å². The third-order valence-corrected chi connectivity index (χ3v) is 3.72. The van der Waals surface area contributed by atoms with Crippen LogP contribution in [0.5, 0.6) is 5.75 Å². The molecule has 1 aromatic heterocycles. The minimum atomic E-state index is 0.355. The Morgan fingerprint density at radius 2 is 2.24 bits per heavy atom. The van der Waals surface area contributed by atoms with Crippen molar-refractivity contribution in [1.29, 1.82) is 0 Å². The summed E-state index contributed by atoms with van der Waals surface area (Å²) < 4.78 is 5.66. The number of aromatic nitrogens is 1. The van der Waals surface area contributed by atoms with Crippen LogP contribution in [-0.2, 0) is 0 Å². The molecule has 0 fully saturated rings. The molecular formula is C13H21BrN2O. The molecule has 0 radical (unpaired) electrons. The molecule has 0 saturated heterocycles. The Hall–Kier alpha value is -0.770. The van der Waals surface area contributed by atoms with Gasteiger partial charge in [0.05, 0.1) is 6.61 Å². The summed E-state index contributed by atoms with van der Waals surface area (Å²) in [6.07, 6.45) is 2.79. The number of nitrogens with one attached hydrogen (secondary N) is 1. The highest BCUT2D eigenvalue weighted by Gasteiger charge is 2.13. The van der Waals surface area contributed by atoms with Crippen molar-refractivity contribution < 1.29 is 4.74 Å². The van der Waals surface area contributed by atoms with Crippen LogP contribution in [0.15, 0.2) is 18.3 Å². The van der Waals surface area contributed by atoms with Crippen molar-refractivity contribution in [3.63, 3.8) is 0 Å². The molecule has 0 aliphatic heterocycles. The SMILES string of the molecule is CCCOc1cccnc1NC(C)C(C)CBr. The van der Waals surface area contributed by atoms with Gasteiger partial charge in [-0.05, 0) is 31.4 Å². The molecule has 0 amide bonds. The first-order valence-corrected chi connectivity index (χ1v) is 7.21. The Bertz CT molecular complexity index is 333. The Morgan fingerprint density at radius 1 is 1.47 bits per heavy atom. The van der Waals surface area contributed by atoms with Gasteiger partial charge >= 0.3 is 0 Å². The van der Waals surface area contributed by atoms with E-state index < -0.39 is 0 Å². The molecule has 0 aliphatic rings. The fourth-order valence-corrected chi connectivity index (χ4v) is 1.88. The zero-order valence-corrected chi connectivity index (χ0v) is 12.3. The lowest BCUT2D eigenvalue weighted by Gasteiger charge is -2.21. The van der Waals surface area contributed by atoms with E-state index in [9.17, 15) is 0 Å². The number of pyridine rings is 1. The van der Waals surface area contributed by atoms with Gasteiger partial charge in [0.2, 0.25) is 0 Å². The molecule has 0 aliphatic carbocycles. The number of hydrogen-bond acceptors (Lipinski definition) is 3. The van der Waals surface area contributed by atoms with E-state index in [4.69, 9.17) is 4.74 Å². The Balaban J connectivity index is 2.68. The van der Waals surface area contributed by atoms with E-state index >= 15 is 0 Å². The lowest BCUT2D eigenvalue weighted by atomic mass is 10.1. The maximum absolute atomic E-state index is 5.66. The van der Waals surface area contributed by atoms with E-state index in [2.05, 4.69) is 47.0 Å². The Morgan fingerprint density at radius 3 is 2.88 bits per heavy atom. The third-order valence-electron chi connectivity index (χ3n) is 2.69. The largest absolute Gasteiger partial charge is 0.490 e. The van der Waals surface area contributed by atoms with E-state index in [-0.39, 0.29) is 0 Å². The fraction of sp³-hybridized carbons (Fsp3) is 0.615. The quantitative estimate of drug-likeness (QED) is 0.780. The molecule has 3 nitrogen and oxygen atoms in total. The molecule has 2 atom stereocenters. The standard InChI is InChI=1S/C13H21BrN2O/c1-4-8-17-12-6-5-7-15-13(12)16-11(3)10(2)9-14/h5-7,10-11H,4,8-9H2,1-3H3,(H,15,16). The predicted molar refractivity (Wildman–Crippen MR) is 76.1 cm³/mol. The average molecular weight is 301 g/mol. The van der Waals surface area contributed by atoms with Crippen molar-refractivity contribution in [1.82, 2.24) is 4.98 Å². The maximum Gasteiger partial charge on any atom is 0.168 e. The number of nitrogens with zero attached hydrogens (tertiary/aromatic N) is 1. The molecule has 1 heterocycles. The molecular weight excluding hydrogens is 280 g/mol. The summed E-state index contributed by atoms with van der Waals surface area (Å²) >= 11 is 3.50. The van der Waals surface area contributed by atoms with Gasteiger partial charge in [0, 0.05) is 17.6 Å². The van der Waals surface area contributed by atoms with Crippen LogP contribution < -0.4 is 10.1 Å². The lowest BCUT2D eigenvalue weighted by Crippen LogP contribution is -2.25. The van der Waals surface area contributed by atoms with Gasteiger partial charge in [-0.15, -0.1) is 0 Å². The summed E-state index contributed by atoms with van der Waals surface area (Å²) in [7, 11) is 0. The highest BCUT2D eigenvalue weighted by Crippen LogP contribution is 2.23. The van der Waals surface area contributed by atoms with Crippen LogP contribution in [0, 0.1) is 5.92 Å². The fourth-order valence-electron chi connectivity index (χ4n) is 1.32. The van der Waals surface area contributed by atoms with Gasteiger partial charge in [-0.25, -0.2) is 4.98 Å². The average Bonchev–Trinajstić information content (AvgIpc) is 2.36. The van der Waals surface area contributed by atoms with Gasteiger partial charge in [0.25, 0.3) is 0 Å². The second-order valence-corrected chi connectivity index (χ2v) is 4.91. The summed E-state index contributed by atoms with van der Waals surface area (Å²) in [4.78, 5) is 4.34. The highest BCUT2D eigenvalue weighted by molar-refractivity contribution is 9.09. The minimum absolute atomic E-state index is 0.355. The van der Waals surface area contributed by atoms with Crippen molar-refractivity contribution in [3.05, 3.63) is 18.3 Å². The first kappa shape index (κ1) is 14.3. The van der Waals surface area contributed by atoms with Crippen molar-refractivity contribution in [2.75, 3.05) is 17.3 Å². The molecule has 0 bridgehead atoms. The molecule has 17 heavy (non-hydrogen) atoms. The lowest BCUT2D eigenvalue weighted by molar-refractivity contribution is 0.317. The van der Waals surface area contributed by atoms with E-state index in [0.717, 1.165) is 29.9 Å². The normalized spacial score (nSPS) is 14.1. The van der Waals surface area contributed by atoms with E-state index in [1.165, 1.54) is 0 Å². The van der Waals surface area contributed by atoms with Crippen LogP contribution in [0.2, 0.25) is 0 Å². The number of ether oxygens (including phenoxy) is 1. The number of alkyl halides is 1. The highest BCUT2D eigenvalue weighted by atomic mass is 79.9. The molecule has 4 heteroatoms.